The van der Waals surface area contributed by atoms with E-state index >= 15 is 0 Å². The van der Waals surface area contributed by atoms with Gasteiger partial charge in [0.15, 0.2) is 0 Å². The van der Waals surface area contributed by atoms with Crippen LogP contribution in [0.3, 0.4) is 0 Å². The van der Waals surface area contributed by atoms with Gasteiger partial charge in [-0.05, 0) is 42.7 Å². The van der Waals surface area contributed by atoms with Crippen LogP contribution in [0.2, 0.25) is 0 Å². The van der Waals surface area contributed by atoms with Gasteiger partial charge in [-0.2, -0.15) is 0 Å². The van der Waals surface area contributed by atoms with E-state index in [4.69, 9.17) is 14.2 Å². The van der Waals surface area contributed by atoms with E-state index < -0.39 is 0 Å². The quantitative estimate of drug-likeness (QED) is 0.680. The van der Waals surface area contributed by atoms with Crippen molar-refractivity contribution in [3.8, 4) is 17.2 Å². The number of rotatable bonds is 7. The Balaban J connectivity index is 1.57. The van der Waals surface area contributed by atoms with E-state index in [0.717, 1.165) is 11.3 Å². The summed E-state index contributed by atoms with van der Waals surface area (Å²) in [5, 5.41) is 0. The Kier molecular flexibility index (Phi) is 7.39. The number of ether oxygens (including phenoxy) is 3. The van der Waals surface area contributed by atoms with Crippen LogP contribution in [0.4, 0.5) is 0 Å². The molecule has 3 rings (SSSR count). The molecule has 2 aromatic rings. The zero-order chi connectivity index (χ0) is 22.4. The van der Waals surface area contributed by atoms with Crippen LogP contribution in [0.1, 0.15) is 28.8 Å². The number of methoxy groups -OCH3 is 3. The van der Waals surface area contributed by atoms with Crippen molar-refractivity contribution in [2.45, 2.75) is 19.4 Å². The molecule has 0 atom stereocenters. The van der Waals surface area contributed by atoms with Crippen molar-refractivity contribution in [2.75, 3.05) is 41.5 Å². The SMILES string of the molecule is COc1ccc(CN(C)C(=O)C2CCN(C(=O)c3cc(OC)cc(OC)c3)CC2)cc1. The summed E-state index contributed by atoms with van der Waals surface area (Å²) in [5.74, 6) is 1.91. The standard InChI is InChI=1S/C24H30N2O5/c1-25(16-17-5-7-20(29-2)8-6-17)23(27)18-9-11-26(12-10-18)24(28)19-13-21(30-3)15-22(14-19)31-4/h5-8,13-15,18H,9-12,16H2,1-4H3. The molecule has 7 nitrogen and oxygen atoms in total. The van der Waals surface area contributed by atoms with Crippen LogP contribution < -0.4 is 14.2 Å². The Bertz CT molecular complexity index is 882. The summed E-state index contributed by atoms with van der Waals surface area (Å²) in [6.45, 7) is 1.64. The van der Waals surface area contributed by atoms with E-state index in [2.05, 4.69) is 0 Å². The first kappa shape index (κ1) is 22.5. The molecule has 1 heterocycles. The highest BCUT2D eigenvalue weighted by Crippen LogP contribution is 2.26. The molecular weight excluding hydrogens is 396 g/mol. The molecule has 0 spiro atoms. The van der Waals surface area contributed by atoms with Gasteiger partial charge in [0.05, 0.1) is 21.3 Å². The fraction of sp³-hybridized carbons (Fsp3) is 0.417. The van der Waals surface area contributed by atoms with Crippen molar-refractivity contribution in [3.05, 3.63) is 53.6 Å². The fourth-order valence-electron chi connectivity index (χ4n) is 3.84. The summed E-state index contributed by atoms with van der Waals surface area (Å²) in [5.41, 5.74) is 1.58. The Morgan fingerprint density at radius 1 is 0.903 bits per heavy atom. The summed E-state index contributed by atoms with van der Waals surface area (Å²) < 4.78 is 15.7. The zero-order valence-electron chi connectivity index (χ0n) is 18.6. The predicted molar refractivity (Wildman–Crippen MR) is 118 cm³/mol. The molecule has 31 heavy (non-hydrogen) atoms. The molecule has 1 fully saturated rings. The number of carbonyl (C=O) groups is 2. The van der Waals surface area contributed by atoms with E-state index in [9.17, 15) is 9.59 Å². The van der Waals surface area contributed by atoms with Crippen LogP contribution in [0, 0.1) is 5.92 Å². The van der Waals surface area contributed by atoms with E-state index in [1.807, 2.05) is 31.3 Å². The third kappa shape index (κ3) is 5.48. The average molecular weight is 427 g/mol. The van der Waals surface area contributed by atoms with Gasteiger partial charge in [0.25, 0.3) is 5.91 Å². The number of hydrogen-bond acceptors (Lipinski definition) is 5. The molecule has 0 N–H and O–H groups in total. The molecule has 1 saturated heterocycles. The largest absolute Gasteiger partial charge is 0.497 e. The van der Waals surface area contributed by atoms with Crippen LogP contribution in [-0.4, -0.2) is 63.1 Å². The topological polar surface area (TPSA) is 68.3 Å². The first-order chi connectivity index (χ1) is 14.9. The molecule has 0 bridgehead atoms. The molecule has 0 radical (unpaired) electrons. The lowest BCUT2D eigenvalue weighted by Gasteiger charge is -2.33. The van der Waals surface area contributed by atoms with Gasteiger partial charge in [0, 0.05) is 44.2 Å². The molecule has 2 aromatic carbocycles. The second-order valence-electron chi connectivity index (χ2n) is 7.71. The normalized spacial score (nSPS) is 14.1. The number of amides is 2. The monoisotopic (exact) mass is 426 g/mol. The Morgan fingerprint density at radius 2 is 1.45 bits per heavy atom. The number of likely N-dealkylation sites (tertiary alicyclic amines) is 1. The Morgan fingerprint density at radius 3 is 1.97 bits per heavy atom. The lowest BCUT2D eigenvalue weighted by atomic mass is 9.94. The number of carbonyl (C=O) groups excluding carboxylic acids is 2. The van der Waals surface area contributed by atoms with Crippen molar-refractivity contribution < 1.29 is 23.8 Å². The lowest BCUT2D eigenvalue weighted by molar-refractivity contribution is -0.136. The van der Waals surface area contributed by atoms with Gasteiger partial charge in [-0.25, -0.2) is 0 Å². The highest BCUT2D eigenvalue weighted by atomic mass is 16.5. The van der Waals surface area contributed by atoms with Gasteiger partial charge < -0.3 is 24.0 Å². The minimum Gasteiger partial charge on any atom is -0.497 e. The number of hydrogen-bond donors (Lipinski definition) is 0. The summed E-state index contributed by atoms with van der Waals surface area (Å²) in [6.07, 6.45) is 1.30. The maximum Gasteiger partial charge on any atom is 0.254 e. The van der Waals surface area contributed by atoms with Crippen LogP contribution in [0.5, 0.6) is 17.2 Å². The van der Waals surface area contributed by atoms with Crippen molar-refractivity contribution in [2.24, 2.45) is 5.92 Å². The van der Waals surface area contributed by atoms with Gasteiger partial charge >= 0.3 is 0 Å². The summed E-state index contributed by atoms with van der Waals surface area (Å²) in [6, 6.07) is 12.9. The summed E-state index contributed by atoms with van der Waals surface area (Å²) in [4.78, 5) is 29.4. The van der Waals surface area contributed by atoms with Gasteiger partial charge in [-0.3, -0.25) is 9.59 Å². The second-order valence-corrected chi connectivity index (χ2v) is 7.71. The average Bonchev–Trinajstić information content (AvgIpc) is 2.83. The highest BCUT2D eigenvalue weighted by molar-refractivity contribution is 5.95. The maximum atomic E-state index is 12.9. The van der Waals surface area contributed by atoms with Crippen LogP contribution in [0.15, 0.2) is 42.5 Å². The third-order valence-electron chi connectivity index (χ3n) is 5.68. The van der Waals surface area contributed by atoms with Gasteiger partial charge in [-0.15, -0.1) is 0 Å². The molecule has 7 heteroatoms. The zero-order valence-corrected chi connectivity index (χ0v) is 18.6. The predicted octanol–water partition coefficient (Wildman–Crippen LogP) is 3.22. The van der Waals surface area contributed by atoms with Gasteiger partial charge in [-0.1, -0.05) is 12.1 Å². The Hall–Kier alpha value is -3.22. The summed E-state index contributed by atoms with van der Waals surface area (Å²) in [7, 11) is 6.57. The third-order valence-corrected chi connectivity index (χ3v) is 5.68. The highest BCUT2D eigenvalue weighted by Gasteiger charge is 2.30. The molecule has 0 unspecified atom stereocenters. The van der Waals surface area contributed by atoms with Gasteiger partial charge in [0.2, 0.25) is 5.91 Å². The number of nitrogens with zero attached hydrogens (tertiary/aromatic N) is 2. The van der Waals surface area contributed by atoms with Crippen LogP contribution >= 0.6 is 0 Å². The molecule has 0 aromatic heterocycles. The minimum absolute atomic E-state index is 0.0744. The molecule has 166 valence electrons. The van der Waals surface area contributed by atoms with Crippen LogP contribution in [0.25, 0.3) is 0 Å². The lowest BCUT2D eigenvalue weighted by Crippen LogP contribution is -2.43. The smallest absolute Gasteiger partial charge is 0.254 e. The molecule has 2 amide bonds. The van der Waals surface area contributed by atoms with Crippen molar-refractivity contribution in [1.82, 2.24) is 9.80 Å². The molecule has 0 aliphatic carbocycles. The molecular formula is C24H30N2O5. The van der Waals surface area contributed by atoms with E-state index in [0.29, 0.717) is 49.5 Å². The molecule has 0 saturated carbocycles. The number of benzene rings is 2. The first-order valence-corrected chi connectivity index (χ1v) is 10.4. The van der Waals surface area contributed by atoms with Crippen LogP contribution in [-0.2, 0) is 11.3 Å². The fourth-order valence-corrected chi connectivity index (χ4v) is 3.84. The maximum absolute atomic E-state index is 12.9. The molecule has 1 aliphatic rings. The van der Waals surface area contributed by atoms with E-state index in [-0.39, 0.29) is 17.7 Å². The minimum atomic E-state index is -0.0767. The molecule has 1 aliphatic heterocycles. The number of piperidine rings is 1. The van der Waals surface area contributed by atoms with Crippen molar-refractivity contribution >= 4 is 11.8 Å². The second kappa shape index (κ2) is 10.2. The first-order valence-electron chi connectivity index (χ1n) is 10.4. The van der Waals surface area contributed by atoms with E-state index in [1.165, 1.54) is 0 Å². The van der Waals surface area contributed by atoms with Crippen molar-refractivity contribution in [1.29, 1.82) is 0 Å². The van der Waals surface area contributed by atoms with Crippen molar-refractivity contribution in [3.63, 3.8) is 0 Å². The van der Waals surface area contributed by atoms with Gasteiger partial charge in [0.1, 0.15) is 17.2 Å². The van der Waals surface area contributed by atoms with E-state index in [1.54, 1.807) is 49.3 Å². The Labute approximate surface area is 183 Å². The summed E-state index contributed by atoms with van der Waals surface area (Å²) >= 11 is 0.